The van der Waals surface area contributed by atoms with Gasteiger partial charge in [-0.1, -0.05) is 12.1 Å². The predicted octanol–water partition coefficient (Wildman–Crippen LogP) is 0.326. The summed E-state index contributed by atoms with van der Waals surface area (Å²) < 4.78 is 5.15. The van der Waals surface area contributed by atoms with Gasteiger partial charge in [-0.15, -0.1) is 0 Å². The van der Waals surface area contributed by atoms with E-state index in [0.29, 0.717) is 13.0 Å². The quantitative estimate of drug-likeness (QED) is 0.771. The summed E-state index contributed by atoms with van der Waals surface area (Å²) in [6.45, 7) is 1.55. The van der Waals surface area contributed by atoms with Crippen molar-refractivity contribution in [3.63, 3.8) is 0 Å². The average molecular weight is 220 g/mol. The lowest BCUT2D eigenvalue weighted by molar-refractivity contribution is -0.124. The van der Waals surface area contributed by atoms with E-state index in [2.05, 4.69) is 10.6 Å². The first-order chi connectivity index (χ1) is 7.79. The van der Waals surface area contributed by atoms with Crippen molar-refractivity contribution in [3.05, 3.63) is 29.8 Å². The minimum atomic E-state index is -0.124. The molecule has 86 valence electrons. The van der Waals surface area contributed by atoms with Gasteiger partial charge in [0.15, 0.2) is 0 Å². The summed E-state index contributed by atoms with van der Waals surface area (Å²) in [7, 11) is 1.64. The molecule has 1 aliphatic rings. The Kier molecular flexibility index (Phi) is 3.41. The summed E-state index contributed by atoms with van der Waals surface area (Å²) >= 11 is 0. The van der Waals surface area contributed by atoms with Crippen LogP contribution in [0.2, 0.25) is 0 Å². The molecular formula is C12H16N2O2. The molecule has 1 saturated heterocycles. The van der Waals surface area contributed by atoms with Crippen molar-refractivity contribution in [2.24, 2.45) is 0 Å². The van der Waals surface area contributed by atoms with Gasteiger partial charge >= 0.3 is 0 Å². The molecule has 1 unspecified atom stereocenters. The molecule has 1 atom stereocenters. The van der Waals surface area contributed by atoms with Crippen molar-refractivity contribution < 1.29 is 9.53 Å². The molecule has 0 bridgehead atoms. The smallest absolute Gasteiger partial charge is 0.237 e. The summed E-state index contributed by atoms with van der Waals surface area (Å²) in [4.78, 5) is 11.5. The van der Waals surface area contributed by atoms with Crippen LogP contribution in [0.25, 0.3) is 0 Å². The number of rotatable bonds is 3. The molecule has 0 spiro atoms. The first-order valence-corrected chi connectivity index (χ1v) is 5.43. The minimum absolute atomic E-state index is 0.0778. The molecule has 1 aliphatic heterocycles. The number of carbonyl (C=O) groups excluding carboxylic acids is 1. The average Bonchev–Trinajstić information content (AvgIpc) is 2.32. The Morgan fingerprint density at radius 1 is 1.44 bits per heavy atom. The van der Waals surface area contributed by atoms with Crippen LogP contribution < -0.4 is 15.4 Å². The Morgan fingerprint density at radius 2 is 2.31 bits per heavy atom. The monoisotopic (exact) mass is 220 g/mol. The molecule has 0 radical (unpaired) electrons. The summed E-state index contributed by atoms with van der Waals surface area (Å²) in [6.07, 6.45) is 0.697. The van der Waals surface area contributed by atoms with E-state index in [1.807, 2.05) is 24.3 Å². The SMILES string of the molecule is COc1cccc(CC2NCCNC2=O)c1. The minimum Gasteiger partial charge on any atom is -0.497 e. The molecule has 16 heavy (non-hydrogen) atoms. The van der Waals surface area contributed by atoms with Crippen LogP contribution in [0.4, 0.5) is 0 Å². The van der Waals surface area contributed by atoms with Gasteiger partial charge in [-0.3, -0.25) is 4.79 Å². The maximum Gasteiger partial charge on any atom is 0.237 e. The van der Waals surface area contributed by atoms with Crippen LogP contribution in [0.5, 0.6) is 5.75 Å². The third-order valence-corrected chi connectivity index (χ3v) is 2.71. The zero-order valence-electron chi connectivity index (χ0n) is 9.32. The molecule has 4 heteroatoms. The molecule has 1 heterocycles. The highest BCUT2D eigenvalue weighted by Gasteiger charge is 2.21. The van der Waals surface area contributed by atoms with E-state index in [-0.39, 0.29) is 11.9 Å². The van der Waals surface area contributed by atoms with Gasteiger partial charge in [-0.2, -0.15) is 0 Å². The van der Waals surface area contributed by atoms with Gasteiger partial charge in [0.25, 0.3) is 0 Å². The highest BCUT2D eigenvalue weighted by Crippen LogP contribution is 2.14. The Balaban J connectivity index is 2.04. The summed E-state index contributed by atoms with van der Waals surface area (Å²) in [5, 5.41) is 6.05. The first kappa shape index (κ1) is 11.0. The van der Waals surface area contributed by atoms with E-state index in [4.69, 9.17) is 4.74 Å². The molecule has 4 nitrogen and oxygen atoms in total. The summed E-state index contributed by atoms with van der Waals surface area (Å²) in [5.74, 6) is 0.905. The molecule has 1 fully saturated rings. The van der Waals surface area contributed by atoms with Gasteiger partial charge in [0, 0.05) is 13.1 Å². The number of ether oxygens (including phenoxy) is 1. The molecule has 1 aromatic carbocycles. The summed E-state index contributed by atoms with van der Waals surface area (Å²) in [6, 6.07) is 7.68. The zero-order valence-corrected chi connectivity index (χ0v) is 9.32. The fraction of sp³-hybridized carbons (Fsp3) is 0.417. The second kappa shape index (κ2) is 4.99. The lowest BCUT2D eigenvalue weighted by Crippen LogP contribution is -2.53. The van der Waals surface area contributed by atoms with Crippen molar-refractivity contribution in [1.29, 1.82) is 0 Å². The van der Waals surface area contributed by atoms with Crippen molar-refractivity contribution >= 4 is 5.91 Å². The normalized spacial score (nSPS) is 20.3. The number of carbonyl (C=O) groups is 1. The predicted molar refractivity (Wildman–Crippen MR) is 61.5 cm³/mol. The largest absolute Gasteiger partial charge is 0.497 e. The Hall–Kier alpha value is -1.55. The Labute approximate surface area is 95.0 Å². The van der Waals surface area contributed by atoms with E-state index in [0.717, 1.165) is 17.9 Å². The number of hydrogen-bond acceptors (Lipinski definition) is 3. The lowest BCUT2D eigenvalue weighted by atomic mass is 10.0. The number of hydrogen-bond donors (Lipinski definition) is 2. The molecular weight excluding hydrogens is 204 g/mol. The molecule has 1 aromatic rings. The van der Waals surface area contributed by atoms with Crippen molar-refractivity contribution in [3.8, 4) is 5.75 Å². The fourth-order valence-electron chi connectivity index (χ4n) is 1.85. The third-order valence-electron chi connectivity index (χ3n) is 2.71. The van der Waals surface area contributed by atoms with Crippen molar-refractivity contribution in [2.45, 2.75) is 12.5 Å². The molecule has 0 aliphatic carbocycles. The fourth-order valence-corrected chi connectivity index (χ4v) is 1.85. The van der Waals surface area contributed by atoms with Gasteiger partial charge in [0.1, 0.15) is 5.75 Å². The summed E-state index contributed by atoms with van der Waals surface area (Å²) in [5.41, 5.74) is 1.11. The first-order valence-electron chi connectivity index (χ1n) is 5.43. The number of piperazine rings is 1. The van der Waals surface area contributed by atoms with Gasteiger partial charge < -0.3 is 15.4 Å². The van der Waals surface area contributed by atoms with Gasteiger partial charge in [0.05, 0.1) is 13.2 Å². The van der Waals surface area contributed by atoms with Crippen LogP contribution in [0.15, 0.2) is 24.3 Å². The standard InChI is InChI=1S/C12H16N2O2/c1-16-10-4-2-3-9(7-10)8-11-12(15)14-6-5-13-11/h2-4,7,11,13H,5-6,8H2,1H3,(H,14,15). The molecule has 0 saturated carbocycles. The van der Waals surface area contributed by atoms with E-state index >= 15 is 0 Å². The van der Waals surface area contributed by atoms with Gasteiger partial charge in [-0.05, 0) is 24.1 Å². The number of nitrogens with one attached hydrogen (secondary N) is 2. The highest BCUT2D eigenvalue weighted by atomic mass is 16.5. The van der Waals surface area contributed by atoms with Crippen LogP contribution >= 0.6 is 0 Å². The Morgan fingerprint density at radius 3 is 3.06 bits per heavy atom. The maximum absolute atomic E-state index is 11.5. The molecule has 0 aromatic heterocycles. The maximum atomic E-state index is 11.5. The van der Waals surface area contributed by atoms with E-state index in [1.54, 1.807) is 7.11 Å². The molecule has 1 amide bonds. The zero-order chi connectivity index (χ0) is 11.4. The van der Waals surface area contributed by atoms with E-state index < -0.39 is 0 Å². The van der Waals surface area contributed by atoms with Crippen LogP contribution in [0.3, 0.4) is 0 Å². The second-order valence-electron chi connectivity index (χ2n) is 3.85. The molecule has 2 rings (SSSR count). The van der Waals surface area contributed by atoms with Crippen LogP contribution in [0, 0.1) is 0 Å². The Bertz CT molecular complexity index is 379. The number of methoxy groups -OCH3 is 1. The van der Waals surface area contributed by atoms with E-state index in [9.17, 15) is 4.79 Å². The van der Waals surface area contributed by atoms with E-state index in [1.165, 1.54) is 0 Å². The second-order valence-corrected chi connectivity index (χ2v) is 3.85. The van der Waals surface area contributed by atoms with Crippen LogP contribution in [-0.2, 0) is 11.2 Å². The topological polar surface area (TPSA) is 50.4 Å². The van der Waals surface area contributed by atoms with Crippen molar-refractivity contribution in [1.82, 2.24) is 10.6 Å². The lowest BCUT2D eigenvalue weighted by Gasteiger charge is -2.23. The number of benzene rings is 1. The highest BCUT2D eigenvalue weighted by molar-refractivity contribution is 5.82. The third kappa shape index (κ3) is 2.52. The van der Waals surface area contributed by atoms with Crippen LogP contribution in [0.1, 0.15) is 5.56 Å². The van der Waals surface area contributed by atoms with Crippen LogP contribution in [-0.4, -0.2) is 32.1 Å². The van der Waals surface area contributed by atoms with Gasteiger partial charge in [-0.25, -0.2) is 0 Å². The number of amides is 1. The van der Waals surface area contributed by atoms with Gasteiger partial charge in [0.2, 0.25) is 5.91 Å². The molecule has 2 N–H and O–H groups in total. The van der Waals surface area contributed by atoms with Crippen molar-refractivity contribution in [2.75, 3.05) is 20.2 Å².